The molecule has 8 heteroatoms. The van der Waals surface area contributed by atoms with Crippen LogP contribution in [0.4, 0.5) is 0 Å². The van der Waals surface area contributed by atoms with E-state index in [2.05, 4.69) is 4.98 Å². The number of hydrogen-bond donors (Lipinski definition) is 1. The van der Waals surface area contributed by atoms with Gasteiger partial charge in [-0.15, -0.1) is 11.3 Å². The Morgan fingerprint density at radius 3 is 2.00 bits per heavy atom. The van der Waals surface area contributed by atoms with Crippen LogP contribution in [0.5, 0.6) is 0 Å². The molecular weight excluding hydrogens is 512 g/mol. The van der Waals surface area contributed by atoms with Crippen molar-refractivity contribution in [1.29, 1.82) is 0 Å². The topological polar surface area (TPSA) is 82.6 Å². The van der Waals surface area contributed by atoms with E-state index in [1.807, 2.05) is 97.2 Å². The molecule has 2 heterocycles. The van der Waals surface area contributed by atoms with Gasteiger partial charge in [-0.1, -0.05) is 90.5 Å². The number of H-pyrrole nitrogens is 1. The maximum absolute atomic E-state index is 13.0. The molecule has 0 fully saturated rings. The largest absolute Gasteiger partial charge is 0.374 e. The Bertz CT molecular complexity index is 1560. The highest BCUT2D eigenvalue weighted by Crippen LogP contribution is 2.31. The van der Waals surface area contributed by atoms with Crippen molar-refractivity contribution in [3.63, 3.8) is 0 Å². The van der Waals surface area contributed by atoms with Crippen LogP contribution in [0, 0.1) is 6.92 Å². The number of rotatable bonds is 12. The van der Waals surface area contributed by atoms with Gasteiger partial charge < -0.3 is 14.2 Å². The van der Waals surface area contributed by atoms with Crippen LogP contribution < -0.4 is 11.2 Å². The number of nitrogens with zero attached hydrogens (tertiary/aromatic N) is 1. The number of nitrogens with one attached hydrogen (secondary N) is 1. The number of ether oxygens (including phenoxy) is 3. The smallest absolute Gasteiger partial charge is 0.330 e. The number of aromatic nitrogens is 2. The first-order valence-corrected chi connectivity index (χ1v) is 13.6. The van der Waals surface area contributed by atoms with E-state index in [0.717, 1.165) is 27.8 Å². The number of benzene rings is 3. The number of fused-ring (bicyclic) bond motifs is 1. The maximum Gasteiger partial charge on any atom is 0.330 e. The standard InChI is InChI=1S/C31H30N2O5S/c1-22-12-14-25(15-13-22)27-20-39-29-28(27)33(31(35)32-30(29)34)21-38-26(18-36-16-23-8-4-2-5-9-23)19-37-17-24-10-6-3-7-11-24/h2-15,20,26H,16-19,21H2,1H3,(H,32,34,35). The molecule has 0 bridgehead atoms. The number of thiophene rings is 1. The van der Waals surface area contributed by atoms with E-state index in [-0.39, 0.29) is 19.9 Å². The highest BCUT2D eigenvalue weighted by Gasteiger charge is 2.18. The van der Waals surface area contributed by atoms with Gasteiger partial charge in [-0.3, -0.25) is 14.3 Å². The van der Waals surface area contributed by atoms with Gasteiger partial charge in [0.25, 0.3) is 5.56 Å². The summed E-state index contributed by atoms with van der Waals surface area (Å²) >= 11 is 1.31. The molecule has 0 aliphatic rings. The third kappa shape index (κ3) is 6.79. The Morgan fingerprint density at radius 1 is 0.821 bits per heavy atom. The van der Waals surface area contributed by atoms with E-state index in [0.29, 0.717) is 23.4 Å². The van der Waals surface area contributed by atoms with Crippen molar-refractivity contribution >= 4 is 21.6 Å². The number of aryl methyl sites for hydroxylation is 1. The zero-order valence-corrected chi connectivity index (χ0v) is 22.5. The Balaban J connectivity index is 1.35. The van der Waals surface area contributed by atoms with Crippen molar-refractivity contribution in [1.82, 2.24) is 9.55 Å². The van der Waals surface area contributed by atoms with Crippen LogP contribution in [0.1, 0.15) is 16.7 Å². The summed E-state index contributed by atoms with van der Waals surface area (Å²) in [6.07, 6.45) is -0.437. The molecule has 0 aliphatic heterocycles. The minimum Gasteiger partial charge on any atom is -0.374 e. The first-order chi connectivity index (χ1) is 19.1. The lowest BCUT2D eigenvalue weighted by atomic mass is 10.1. The van der Waals surface area contributed by atoms with E-state index in [9.17, 15) is 9.59 Å². The fourth-order valence-electron chi connectivity index (χ4n) is 4.25. The molecule has 3 aromatic carbocycles. The first-order valence-electron chi connectivity index (χ1n) is 12.7. The predicted octanol–water partition coefficient (Wildman–Crippen LogP) is 5.50. The Labute approximate surface area is 230 Å². The van der Waals surface area contributed by atoms with Crippen LogP contribution in [0.3, 0.4) is 0 Å². The summed E-state index contributed by atoms with van der Waals surface area (Å²) in [4.78, 5) is 28.0. The molecule has 0 saturated heterocycles. The van der Waals surface area contributed by atoms with Crippen molar-refractivity contribution in [2.75, 3.05) is 13.2 Å². The average Bonchev–Trinajstić information content (AvgIpc) is 3.40. The lowest BCUT2D eigenvalue weighted by molar-refractivity contribution is -0.0873. The molecular formula is C31H30N2O5S. The molecule has 0 saturated carbocycles. The molecule has 39 heavy (non-hydrogen) atoms. The number of aromatic amines is 1. The van der Waals surface area contributed by atoms with Crippen molar-refractivity contribution in [2.24, 2.45) is 0 Å². The second-order valence-electron chi connectivity index (χ2n) is 9.30. The van der Waals surface area contributed by atoms with E-state index >= 15 is 0 Å². The van der Waals surface area contributed by atoms with Gasteiger partial charge in [-0.2, -0.15) is 0 Å². The van der Waals surface area contributed by atoms with E-state index < -0.39 is 17.4 Å². The molecule has 0 amide bonds. The minimum absolute atomic E-state index is 0.0598. The van der Waals surface area contributed by atoms with Gasteiger partial charge >= 0.3 is 5.69 Å². The molecule has 0 aliphatic carbocycles. The summed E-state index contributed by atoms with van der Waals surface area (Å²) in [5.74, 6) is 0. The van der Waals surface area contributed by atoms with Crippen LogP contribution in [0.25, 0.3) is 21.3 Å². The molecule has 5 aromatic rings. The van der Waals surface area contributed by atoms with Crippen LogP contribution in [-0.2, 0) is 34.2 Å². The van der Waals surface area contributed by atoms with Gasteiger partial charge in [0.1, 0.15) is 17.5 Å². The molecule has 5 rings (SSSR count). The fraction of sp³-hybridized carbons (Fsp3) is 0.226. The van der Waals surface area contributed by atoms with Gasteiger partial charge in [-0.25, -0.2) is 4.79 Å². The summed E-state index contributed by atoms with van der Waals surface area (Å²) in [7, 11) is 0. The van der Waals surface area contributed by atoms with Gasteiger partial charge in [0.15, 0.2) is 0 Å². The minimum atomic E-state index is -0.520. The monoisotopic (exact) mass is 542 g/mol. The summed E-state index contributed by atoms with van der Waals surface area (Å²) in [5.41, 5.74) is 4.63. The molecule has 0 radical (unpaired) electrons. The quantitative estimate of drug-likeness (QED) is 0.225. The third-order valence-corrected chi connectivity index (χ3v) is 7.31. The third-order valence-electron chi connectivity index (χ3n) is 6.34. The van der Waals surface area contributed by atoms with Crippen LogP contribution in [-0.4, -0.2) is 28.9 Å². The van der Waals surface area contributed by atoms with Gasteiger partial charge in [0.2, 0.25) is 0 Å². The molecule has 200 valence electrons. The maximum atomic E-state index is 13.0. The first kappa shape index (κ1) is 26.8. The fourth-order valence-corrected chi connectivity index (χ4v) is 5.23. The highest BCUT2D eigenvalue weighted by molar-refractivity contribution is 7.17. The summed E-state index contributed by atoms with van der Waals surface area (Å²) in [6.45, 7) is 3.38. The van der Waals surface area contributed by atoms with Crippen LogP contribution in [0.15, 0.2) is 99.9 Å². The van der Waals surface area contributed by atoms with Gasteiger partial charge in [0.05, 0.1) is 31.9 Å². The Hall–Kier alpha value is -3.82. The lowest BCUT2D eigenvalue weighted by Crippen LogP contribution is -2.33. The zero-order chi connectivity index (χ0) is 27.0. The predicted molar refractivity (Wildman–Crippen MR) is 154 cm³/mol. The van der Waals surface area contributed by atoms with Gasteiger partial charge in [0, 0.05) is 10.9 Å². The molecule has 7 nitrogen and oxygen atoms in total. The van der Waals surface area contributed by atoms with Crippen LogP contribution in [0.2, 0.25) is 0 Å². The summed E-state index contributed by atoms with van der Waals surface area (Å²) in [6, 6.07) is 27.8. The van der Waals surface area contributed by atoms with Crippen LogP contribution >= 0.6 is 11.3 Å². The number of hydrogen-bond acceptors (Lipinski definition) is 6. The van der Waals surface area contributed by atoms with Crippen molar-refractivity contribution in [3.05, 3.63) is 128 Å². The molecule has 0 atom stereocenters. The van der Waals surface area contributed by atoms with Gasteiger partial charge in [-0.05, 0) is 23.6 Å². The summed E-state index contributed by atoms with van der Waals surface area (Å²) < 4.78 is 20.1. The van der Waals surface area contributed by atoms with Crippen molar-refractivity contribution in [2.45, 2.75) is 33.0 Å². The lowest BCUT2D eigenvalue weighted by Gasteiger charge is -2.20. The Morgan fingerprint density at radius 2 is 1.41 bits per heavy atom. The molecule has 0 unspecified atom stereocenters. The second kappa shape index (κ2) is 12.8. The SMILES string of the molecule is Cc1ccc(-c2csc3c(=O)[nH]c(=O)n(COC(COCc4ccccc4)COCc4ccccc4)c23)cc1. The normalized spacial score (nSPS) is 11.4. The van der Waals surface area contributed by atoms with E-state index in [1.165, 1.54) is 15.9 Å². The van der Waals surface area contributed by atoms with Crippen molar-refractivity contribution < 1.29 is 14.2 Å². The van der Waals surface area contributed by atoms with Crippen molar-refractivity contribution in [3.8, 4) is 11.1 Å². The second-order valence-corrected chi connectivity index (χ2v) is 10.2. The van der Waals surface area contributed by atoms with E-state index in [4.69, 9.17) is 14.2 Å². The molecule has 0 spiro atoms. The molecule has 1 N–H and O–H groups in total. The molecule has 2 aromatic heterocycles. The zero-order valence-electron chi connectivity index (χ0n) is 21.7. The van der Waals surface area contributed by atoms with E-state index in [1.54, 1.807) is 0 Å². The summed E-state index contributed by atoms with van der Waals surface area (Å²) in [5, 5.41) is 1.91. The Kier molecular flexibility index (Phi) is 8.80. The highest BCUT2D eigenvalue weighted by atomic mass is 32.1. The average molecular weight is 543 g/mol.